The molecule has 0 spiro atoms. The van der Waals surface area contributed by atoms with Gasteiger partial charge in [-0.25, -0.2) is 4.98 Å². The van der Waals surface area contributed by atoms with Crippen LogP contribution in [0.4, 0.5) is 0 Å². The zero-order valence-electron chi connectivity index (χ0n) is 22.8. The number of imidazole rings is 1. The normalized spacial score (nSPS) is 12.5. The van der Waals surface area contributed by atoms with Gasteiger partial charge in [-0.1, -0.05) is 102 Å². The lowest BCUT2D eigenvalue weighted by Crippen LogP contribution is -2.06. The first-order valence-electron chi connectivity index (χ1n) is 14.2. The predicted molar refractivity (Wildman–Crippen MR) is 156 cm³/mol. The number of aryl methyl sites for hydroxylation is 1. The monoisotopic (exact) mass is 590 g/mol. The molecule has 0 saturated heterocycles. The van der Waals surface area contributed by atoms with E-state index in [0.717, 1.165) is 29.3 Å². The zero-order valence-corrected chi connectivity index (χ0v) is 25.3. The molecule has 0 unspecified atom stereocenters. The van der Waals surface area contributed by atoms with Crippen LogP contribution in [0.2, 0.25) is 0 Å². The van der Waals surface area contributed by atoms with Gasteiger partial charge >= 0.3 is 0 Å². The van der Waals surface area contributed by atoms with E-state index < -0.39 is 20.2 Å². The van der Waals surface area contributed by atoms with Gasteiger partial charge in [-0.05, 0) is 37.5 Å². The van der Waals surface area contributed by atoms with E-state index in [1.807, 2.05) is 4.57 Å². The van der Waals surface area contributed by atoms with Crippen LogP contribution in [0.1, 0.15) is 110 Å². The standard InChI is InChI=1S/C27H46N2O6S3/c1-2-3-4-5-6-7-8-9-10-11-12-13-14-16-21-36-27-28-25-23-24(38(33,34)35)18-19-26(25)29(27)20-15-17-22-37(30,31)32/h18-19,23H,2-17,20-22H2,1H3,(H,30,31,32)(H,33,34,35). The predicted octanol–water partition coefficient (Wildman–Crippen LogP) is 7.52. The molecule has 0 amide bonds. The van der Waals surface area contributed by atoms with E-state index in [4.69, 9.17) is 4.55 Å². The van der Waals surface area contributed by atoms with E-state index in [9.17, 15) is 21.4 Å². The molecule has 8 nitrogen and oxygen atoms in total. The van der Waals surface area contributed by atoms with Gasteiger partial charge < -0.3 is 4.57 Å². The van der Waals surface area contributed by atoms with Crippen LogP contribution in [0.3, 0.4) is 0 Å². The Balaban J connectivity index is 1.74. The first-order chi connectivity index (χ1) is 18.1. The lowest BCUT2D eigenvalue weighted by atomic mass is 10.0. The molecule has 0 bridgehead atoms. The molecule has 218 valence electrons. The smallest absolute Gasteiger partial charge is 0.294 e. The van der Waals surface area contributed by atoms with Crippen molar-refractivity contribution in [2.45, 2.75) is 126 Å². The highest BCUT2D eigenvalue weighted by Crippen LogP contribution is 2.28. The van der Waals surface area contributed by atoms with Gasteiger partial charge in [0, 0.05) is 12.3 Å². The third-order valence-electron chi connectivity index (χ3n) is 6.75. The van der Waals surface area contributed by atoms with Crippen LogP contribution in [0.15, 0.2) is 28.3 Å². The molecule has 1 heterocycles. The van der Waals surface area contributed by atoms with Crippen molar-refractivity contribution in [3.05, 3.63) is 18.2 Å². The number of benzene rings is 1. The number of fused-ring (bicyclic) bond motifs is 1. The summed E-state index contributed by atoms with van der Waals surface area (Å²) in [5.41, 5.74) is 1.20. The molecule has 11 heteroatoms. The van der Waals surface area contributed by atoms with Gasteiger partial charge in [-0.2, -0.15) is 16.8 Å². The van der Waals surface area contributed by atoms with Crippen LogP contribution in [-0.2, 0) is 26.8 Å². The summed E-state index contributed by atoms with van der Waals surface area (Å²) < 4.78 is 65.4. The molecule has 38 heavy (non-hydrogen) atoms. The van der Waals surface area contributed by atoms with E-state index in [2.05, 4.69) is 11.9 Å². The van der Waals surface area contributed by atoms with Crippen molar-refractivity contribution in [2.24, 2.45) is 0 Å². The van der Waals surface area contributed by atoms with E-state index >= 15 is 0 Å². The fraction of sp³-hybridized carbons (Fsp3) is 0.741. The third-order valence-corrected chi connectivity index (χ3v) is 9.46. The summed E-state index contributed by atoms with van der Waals surface area (Å²) in [6, 6.07) is 4.32. The molecule has 0 aliphatic carbocycles. The Labute approximate surface area is 233 Å². The van der Waals surface area contributed by atoms with E-state index in [1.165, 1.54) is 89.2 Å². The third kappa shape index (κ3) is 13.3. The van der Waals surface area contributed by atoms with Gasteiger partial charge in [-0.15, -0.1) is 0 Å². The number of aromatic nitrogens is 2. The lowest BCUT2D eigenvalue weighted by molar-refractivity contribution is 0.477. The highest BCUT2D eigenvalue weighted by Gasteiger charge is 2.16. The van der Waals surface area contributed by atoms with Crippen LogP contribution in [0, 0.1) is 0 Å². The number of hydrogen-bond donors (Lipinski definition) is 2. The number of unbranched alkanes of at least 4 members (excludes halogenated alkanes) is 14. The van der Waals surface area contributed by atoms with Crippen molar-refractivity contribution in [3.63, 3.8) is 0 Å². The van der Waals surface area contributed by atoms with E-state index in [1.54, 1.807) is 17.8 Å². The van der Waals surface area contributed by atoms with Gasteiger partial charge in [0.2, 0.25) is 0 Å². The summed E-state index contributed by atoms with van der Waals surface area (Å²) in [5, 5.41) is 0.744. The molecule has 1 aromatic heterocycles. The maximum Gasteiger partial charge on any atom is 0.294 e. The Kier molecular flexibility index (Phi) is 15.3. The topological polar surface area (TPSA) is 127 Å². The molecule has 0 aliphatic heterocycles. The number of thioether (sulfide) groups is 1. The fourth-order valence-corrected chi connectivity index (χ4v) is 6.70. The Hall–Kier alpha value is -1.14. The summed E-state index contributed by atoms with van der Waals surface area (Å²) in [5.74, 6) is 0.589. The Morgan fingerprint density at radius 2 is 1.32 bits per heavy atom. The number of nitrogens with zero attached hydrogens (tertiary/aromatic N) is 2. The minimum Gasteiger partial charge on any atom is -0.319 e. The Morgan fingerprint density at radius 3 is 1.84 bits per heavy atom. The van der Waals surface area contributed by atoms with Crippen LogP contribution in [0.5, 0.6) is 0 Å². The molecule has 2 N–H and O–H groups in total. The van der Waals surface area contributed by atoms with Crippen LogP contribution < -0.4 is 0 Å². The number of hydrogen-bond acceptors (Lipinski definition) is 6. The summed E-state index contributed by atoms with van der Waals surface area (Å²) in [6.07, 6.45) is 19.1. The van der Waals surface area contributed by atoms with Gasteiger partial charge in [0.05, 0.1) is 21.7 Å². The van der Waals surface area contributed by atoms with Crippen molar-refractivity contribution in [3.8, 4) is 0 Å². The quantitative estimate of drug-likeness (QED) is 0.0819. The van der Waals surface area contributed by atoms with Crippen molar-refractivity contribution in [1.82, 2.24) is 9.55 Å². The second-order valence-electron chi connectivity index (χ2n) is 10.1. The van der Waals surface area contributed by atoms with Gasteiger partial charge in [0.25, 0.3) is 20.2 Å². The molecule has 0 fully saturated rings. The van der Waals surface area contributed by atoms with Gasteiger partial charge in [-0.3, -0.25) is 9.11 Å². The Morgan fingerprint density at radius 1 is 0.763 bits per heavy atom. The average Bonchev–Trinajstić information content (AvgIpc) is 3.19. The zero-order chi connectivity index (χ0) is 27.9. The molecular weight excluding hydrogens is 545 g/mol. The molecule has 2 rings (SSSR count). The summed E-state index contributed by atoms with van der Waals surface area (Å²) in [4.78, 5) is 4.40. The van der Waals surface area contributed by atoms with Crippen LogP contribution >= 0.6 is 11.8 Å². The van der Waals surface area contributed by atoms with Crippen LogP contribution in [-0.4, -0.2) is 47.0 Å². The van der Waals surface area contributed by atoms with Crippen molar-refractivity contribution in [2.75, 3.05) is 11.5 Å². The lowest BCUT2D eigenvalue weighted by Gasteiger charge is -2.09. The Bertz CT molecular complexity index is 1160. The number of rotatable bonds is 22. The minimum atomic E-state index is -4.33. The van der Waals surface area contributed by atoms with Gasteiger partial charge in [0.1, 0.15) is 0 Å². The highest BCUT2D eigenvalue weighted by atomic mass is 32.2. The molecule has 1 aromatic carbocycles. The molecule has 0 radical (unpaired) electrons. The van der Waals surface area contributed by atoms with E-state index in [0.29, 0.717) is 24.9 Å². The molecule has 0 aliphatic rings. The molecule has 2 aromatic rings. The summed E-state index contributed by atoms with van der Waals surface area (Å²) >= 11 is 1.61. The van der Waals surface area contributed by atoms with Crippen LogP contribution in [0.25, 0.3) is 11.0 Å². The highest BCUT2D eigenvalue weighted by molar-refractivity contribution is 7.99. The second kappa shape index (κ2) is 17.5. The molecule has 0 saturated carbocycles. The summed E-state index contributed by atoms with van der Waals surface area (Å²) in [7, 11) is -8.33. The van der Waals surface area contributed by atoms with E-state index in [-0.39, 0.29) is 10.6 Å². The maximum absolute atomic E-state index is 11.5. The largest absolute Gasteiger partial charge is 0.319 e. The van der Waals surface area contributed by atoms with Crippen molar-refractivity contribution < 1.29 is 25.9 Å². The van der Waals surface area contributed by atoms with Gasteiger partial charge in [0.15, 0.2) is 5.16 Å². The van der Waals surface area contributed by atoms with Crippen molar-refractivity contribution in [1.29, 1.82) is 0 Å². The molecular formula is C27H46N2O6S3. The first-order valence-corrected chi connectivity index (χ1v) is 18.2. The SMILES string of the molecule is CCCCCCCCCCCCCCCCSc1nc2cc(S(=O)(=O)O)ccc2n1CCCCS(=O)(=O)O. The maximum atomic E-state index is 11.5. The second-order valence-corrected chi connectivity index (χ2v) is 14.2. The first kappa shape index (κ1) is 33.1. The minimum absolute atomic E-state index is 0.204. The average molecular weight is 591 g/mol. The fourth-order valence-electron chi connectivity index (χ4n) is 4.59. The molecule has 0 atom stereocenters. The summed E-state index contributed by atoms with van der Waals surface area (Å²) in [6.45, 7) is 2.75. The van der Waals surface area contributed by atoms with Crippen molar-refractivity contribution >= 4 is 43.0 Å².